The number of anilines is 1. The highest BCUT2D eigenvalue weighted by Crippen LogP contribution is 2.33. The molecular formula is C11H9F3N2O. The molecule has 0 aliphatic carbocycles. The Morgan fingerprint density at radius 2 is 2.00 bits per heavy atom. The second-order valence-corrected chi connectivity index (χ2v) is 3.55. The second-order valence-electron chi connectivity index (χ2n) is 3.55. The lowest BCUT2D eigenvalue weighted by Gasteiger charge is -2.07. The van der Waals surface area contributed by atoms with Crippen molar-refractivity contribution in [2.75, 3.05) is 5.73 Å². The Hall–Kier alpha value is -1.98. The number of halogens is 3. The number of aryl methyl sites for hydroxylation is 1. The fourth-order valence-electron chi connectivity index (χ4n) is 1.52. The van der Waals surface area contributed by atoms with Gasteiger partial charge in [-0.25, -0.2) is 0 Å². The fourth-order valence-corrected chi connectivity index (χ4v) is 1.52. The maximum absolute atomic E-state index is 12.5. The zero-order valence-electron chi connectivity index (χ0n) is 8.88. The highest BCUT2D eigenvalue weighted by molar-refractivity contribution is 5.61. The van der Waals surface area contributed by atoms with Crippen molar-refractivity contribution >= 4 is 6.01 Å². The van der Waals surface area contributed by atoms with E-state index in [4.69, 9.17) is 10.2 Å². The molecule has 0 fully saturated rings. The van der Waals surface area contributed by atoms with E-state index in [-0.39, 0.29) is 11.8 Å². The lowest BCUT2D eigenvalue weighted by molar-refractivity contribution is -0.137. The predicted octanol–water partition coefficient (Wildman–Crippen LogP) is 3.25. The molecule has 0 aliphatic rings. The van der Waals surface area contributed by atoms with Gasteiger partial charge in [0.15, 0.2) is 5.76 Å². The number of aromatic nitrogens is 1. The summed E-state index contributed by atoms with van der Waals surface area (Å²) in [6.07, 6.45) is -4.38. The van der Waals surface area contributed by atoms with Crippen LogP contribution in [0.4, 0.5) is 19.2 Å². The van der Waals surface area contributed by atoms with Crippen LogP contribution in [0.3, 0.4) is 0 Å². The van der Waals surface area contributed by atoms with Crippen molar-refractivity contribution in [3.63, 3.8) is 0 Å². The van der Waals surface area contributed by atoms with Crippen LogP contribution in [-0.4, -0.2) is 4.98 Å². The molecule has 17 heavy (non-hydrogen) atoms. The maximum atomic E-state index is 12.5. The van der Waals surface area contributed by atoms with Crippen LogP contribution in [0.5, 0.6) is 0 Å². The molecule has 0 atom stereocenters. The lowest BCUT2D eigenvalue weighted by Crippen LogP contribution is -2.04. The Bertz CT molecular complexity index is 546. The number of rotatable bonds is 1. The van der Waals surface area contributed by atoms with E-state index in [1.54, 1.807) is 6.92 Å². The molecule has 0 saturated carbocycles. The van der Waals surface area contributed by atoms with Crippen LogP contribution < -0.4 is 5.73 Å². The first kappa shape index (κ1) is 11.5. The van der Waals surface area contributed by atoms with E-state index in [2.05, 4.69) is 4.98 Å². The van der Waals surface area contributed by atoms with Gasteiger partial charge in [-0.05, 0) is 19.1 Å². The van der Waals surface area contributed by atoms with Crippen molar-refractivity contribution in [3.05, 3.63) is 35.5 Å². The number of oxazole rings is 1. The Labute approximate surface area is 95.1 Å². The normalized spacial score (nSPS) is 11.8. The predicted molar refractivity (Wildman–Crippen MR) is 56.1 cm³/mol. The molecule has 0 amide bonds. The molecule has 2 N–H and O–H groups in total. The first-order valence-corrected chi connectivity index (χ1v) is 4.78. The summed E-state index contributed by atoms with van der Waals surface area (Å²) in [5.41, 5.74) is 5.38. The summed E-state index contributed by atoms with van der Waals surface area (Å²) in [5.74, 6) is 0.258. The molecule has 1 aromatic heterocycles. The third kappa shape index (κ3) is 2.25. The van der Waals surface area contributed by atoms with Crippen LogP contribution in [-0.2, 0) is 6.18 Å². The summed E-state index contributed by atoms with van der Waals surface area (Å²) in [5, 5.41) is 0. The Balaban J connectivity index is 2.50. The molecule has 0 unspecified atom stereocenters. The minimum absolute atomic E-state index is 0.0603. The van der Waals surface area contributed by atoms with Gasteiger partial charge in [0.2, 0.25) is 0 Å². The van der Waals surface area contributed by atoms with E-state index in [0.29, 0.717) is 11.3 Å². The van der Waals surface area contributed by atoms with Crippen molar-refractivity contribution in [1.29, 1.82) is 0 Å². The van der Waals surface area contributed by atoms with E-state index in [1.807, 2.05) is 0 Å². The van der Waals surface area contributed by atoms with Gasteiger partial charge < -0.3 is 10.2 Å². The molecule has 90 valence electrons. The number of nitrogens with zero attached hydrogens (tertiary/aromatic N) is 1. The average Bonchev–Trinajstić information content (AvgIpc) is 2.57. The largest absolute Gasteiger partial charge is 0.423 e. The molecule has 0 aliphatic heterocycles. The summed E-state index contributed by atoms with van der Waals surface area (Å²) in [6.45, 7) is 1.62. The van der Waals surface area contributed by atoms with E-state index >= 15 is 0 Å². The summed E-state index contributed by atoms with van der Waals surface area (Å²) in [4.78, 5) is 3.81. The minimum Gasteiger partial charge on any atom is -0.423 e. The van der Waals surface area contributed by atoms with Crippen LogP contribution in [0, 0.1) is 6.92 Å². The number of nitrogens with two attached hydrogens (primary N) is 1. The molecule has 6 heteroatoms. The Morgan fingerprint density at radius 3 is 2.53 bits per heavy atom. The Kier molecular flexibility index (Phi) is 2.57. The highest BCUT2D eigenvalue weighted by Gasteiger charge is 2.30. The number of benzene rings is 1. The molecule has 0 saturated heterocycles. The van der Waals surface area contributed by atoms with E-state index < -0.39 is 11.7 Å². The fraction of sp³-hybridized carbons (Fsp3) is 0.182. The lowest BCUT2D eigenvalue weighted by atomic mass is 10.1. The second kappa shape index (κ2) is 3.80. The third-order valence-corrected chi connectivity index (χ3v) is 2.27. The molecule has 2 rings (SSSR count). The smallest absolute Gasteiger partial charge is 0.416 e. The van der Waals surface area contributed by atoms with Crippen LogP contribution in [0.2, 0.25) is 0 Å². The monoisotopic (exact) mass is 242 g/mol. The first-order chi connectivity index (χ1) is 7.88. The van der Waals surface area contributed by atoms with Crippen molar-refractivity contribution < 1.29 is 17.6 Å². The average molecular weight is 242 g/mol. The quantitative estimate of drug-likeness (QED) is 0.835. The van der Waals surface area contributed by atoms with Crippen LogP contribution in [0.15, 0.2) is 28.7 Å². The maximum Gasteiger partial charge on any atom is 0.416 e. The van der Waals surface area contributed by atoms with Crippen LogP contribution in [0.1, 0.15) is 11.3 Å². The van der Waals surface area contributed by atoms with Gasteiger partial charge in [-0.1, -0.05) is 12.1 Å². The minimum atomic E-state index is -4.38. The number of hydrogen-bond acceptors (Lipinski definition) is 3. The molecule has 1 aromatic carbocycles. The van der Waals surface area contributed by atoms with Gasteiger partial charge in [0.05, 0.1) is 11.3 Å². The molecule has 2 aromatic rings. The molecular weight excluding hydrogens is 233 g/mol. The molecule has 0 radical (unpaired) electrons. The number of hydrogen-bond donors (Lipinski definition) is 1. The van der Waals surface area contributed by atoms with E-state index in [1.165, 1.54) is 12.1 Å². The van der Waals surface area contributed by atoms with Gasteiger partial charge in [0, 0.05) is 5.56 Å². The van der Waals surface area contributed by atoms with Crippen LogP contribution in [0.25, 0.3) is 11.3 Å². The van der Waals surface area contributed by atoms with Crippen molar-refractivity contribution in [1.82, 2.24) is 4.98 Å². The van der Waals surface area contributed by atoms with Gasteiger partial charge in [0.25, 0.3) is 6.01 Å². The summed E-state index contributed by atoms with van der Waals surface area (Å²) in [7, 11) is 0. The van der Waals surface area contributed by atoms with E-state index in [0.717, 1.165) is 12.1 Å². The molecule has 0 spiro atoms. The molecule has 3 nitrogen and oxygen atoms in total. The zero-order valence-corrected chi connectivity index (χ0v) is 8.88. The third-order valence-electron chi connectivity index (χ3n) is 2.27. The highest BCUT2D eigenvalue weighted by atomic mass is 19.4. The van der Waals surface area contributed by atoms with Gasteiger partial charge in [-0.15, -0.1) is 0 Å². The van der Waals surface area contributed by atoms with Gasteiger partial charge in [-0.3, -0.25) is 0 Å². The van der Waals surface area contributed by atoms with Crippen LogP contribution >= 0.6 is 0 Å². The van der Waals surface area contributed by atoms with Gasteiger partial charge in [-0.2, -0.15) is 18.2 Å². The molecule has 0 bridgehead atoms. The number of nitrogen functional groups attached to an aromatic ring is 1. The SMILES string of the molecule is Cc1nc(N)oc1-c1cccc(C(F)(F)F)c1. The van der Waals surface area contributed by atoms with Crippen molar-refractivity contribution in [2.45, 2.75) is 13.1 Å². The van der Waals surface area contributed by atoms with Crippen molar-refractivity contribution in [2.24, 2.45) is 0 Å². The molecule has 1 heterocycles. The van der Waals surface area contributed by atoms with Crippen molar-refractivity contribution in [3.8, 4) is 11.3 Å². The summed E-state index contributed by atoms with van der Waals surface area (Å²) >= 11 is 0. The first-order valence-electron chi connectivity index (χ1n) is 4.78. The summed E-state index contributed by atoms with van der Waals surface area (Å²) in [6, 6.07) is 4.78. The number of alkyl halides is 3. The van der Waals surface area contributed by atoms with E-state index in [9.17, 15) is 13.2 Å². The zero-order chi connectivity index (χ0) is 12.6. The van der Waals surface area contributed by atoms with Gasteiger partial charge in [0.1, 0.15) is 0 Å². The standard InChI is InChI=1S/C11H9F3N2O/c1-6-9(17-10(15)16-6)7-3-2-4-8(5-7)11(12,13)14/h2-5H,1H3,(H2,15,16). The Morgan fingerprint density at radius 1 is 1.29 bits per heavy atom. The summed E-state index contributed by atoms with van der Waals surface area (Å²) < 4.78 is 42.6. The van der Waals surface area contributed by atoms with Gasteiger partial charge >= 0.3 is 6.18 Å². The topological polar surface area (TPSA) is 52.0 Å².